The first-order chi connectivity index (χ1) is 8.58. The van der Waals surface area contributed by atoms with Gasteiger partial charge in [-0.15, -0.1) is 11.3 Å². The molecule has 0 unspecified atom stereocenters. The molecule has 2 rings (SSSR count). The molecule has 0 aliphatic heterocycles. The van der Waals surface area contributed by atoms with E-state index in [9.17, 15) is 8.42 Å². The van der Waals surface area contributed by atoms with Crippen LogP contribution >= 0.6 is 27.3 Å². The van der Waals surface area contributed by atoms with E-state index in [-0.39, 0.29) is 4.90 Å². The minimum atomic E-state index is -3.50. The van der Waals surface area contributed by atoms with Gasteiger partial charge in [-0.1, -0.05) is 0 Å². The molecular weight excluding hydrogens is 338 g/mol. The third kappa shape index (κ3) is 3.58. The van der Waals surface area contributed by atoms with Crippen LogP contribution in [0, 0.1) is 0 Å². The third-order valence-corrected chi connectivity index (χ3v) is 4.64. The normalized spacial score (nSPS) is 11.6. The van der Waals surface area contributed by atoms with Crippen molar-refractivity contribution in [1.29, 1.82) is 0 Å². The molecule has 8 heteroatoms. The number of hydrogen-bond acceptors (Lipinski definition) is 5. The molecule has 0 amide bonds. The predicted octanol–water partition coefficient (Wildman–Crippen LogP) is 1.82. The topological polar surface area (TPSA) is 72.0 Å². The Balaban J connectivity index is 1.99. The number of sulfonamides is 1. The van der Waals surface area contributed by atoms with E-state index >= 15 is 0 Å². The smallest absolute Gasteiger partial charge is 0.242 e. The second-order valence-electron chi connectivity index (χ2n) is 3.47. The van der Waals surface area contributed by atoms with Gasteiger partial charge in [-0.3, -0.25) is 4.98 Å². The molecule has 0 aliphatic rings. The summed E-state index contributed by atoms with van der Waals surface area (Å²) in [6, 6.07) is 1.51. The van der Waals surface area contributed by atoms with E-state index in [1.54, 1.807) is 5.51 Å². The molecular formula is C10H10BrN3O2S2. The summed E-state index contributed by atoms with van der Waals surface area (Å²) in [7, 11) is -3.50. The molecule has 2 aromatic heterocycles. The average Bonchev–Trinajstić information content (AvgIpc) is 2.82. The monoisotopic (exact) mass is 347 g/mol. The zero-order valence-electron chi connectivity index (χ0n) is 9.21. The Labute approximate surface area is 117 Å². The summed E-state index contributed by atoms with van der Waals surface area (Å²) < 4.78 is 27.0. The van der Waals surface area contributed by atoms with Crippen molar-refractivity contribution >= 4 is 37.3 Å². The summed E-state index contributed by atoms with van der Waals surface area (Å²) in [6.07, 6.45) is 3.42. The summed E-state index contributed by atoms with van der Waals surface area (Å²) in [5.41, 5.74) is 2.61. The Morgan fingerprint density at radius 2 is 2.22 bits per heavy atom. The fourth-order valence-electron chi connectivity index (χ4n) is 1.30. The van der Waals surface area contributed by atoms with Crippen LogP contribution in [0.15, 0.2) is 38.7 Å². The quantitative estimate of drug-likeness (QED) is 0.895. The van der Waals surface area contributed by atoms with Crippen molar-refractivity contribution < 1.29 is 8.42 Å². The minimum Gasteiger partial charge on any atom is -0.262 e. The standard InChI is InChI=1S/C10H10BrN3O2S2/c11-8-3-10(5-12-4-8)18(15,16)14-2-1-9-6-17-7-13-9/h3-7,14H,1-2H2. The summed E-state index contributed by atoms with van der Waals surface area (Å²) in [5.74, 6) is 0. The zero-order valence-corrected chi connectivity index (χ0v) is 12.4. The molecule has 0 aromatic carbocycles. The van der Waals surface area contributed by atoms with Crippen LogP contribution in [-0.2, 0) is 16.4 Å². The lowest BCUT2D eigenvalue weighted by Gasteiger charge is -2.05. The van der Waals surface area contributed by atoms with E-state index in [0.717, 1.165) is 5.69 Å². The van der Waals surface area contributed by atoms with Gasteiger partial charge >= 0.3 is 0 Å². The number of thiazole rings is 1. The molecule has 0 atom stereocenters. The van der Waals surface area contributed by atoms with Gasteiger partial charge in [0, 0.05) is 35.2 Å². The first-order valence-corrected chi connectivity index (χ1v) is 8.27. The zero-order chi connectivity index (χ0) is 13.0. The lowest BCUT2D eigenvalue weighted by atomic mass is 10.3. The van der Waals surface area contributed by atoms with Crippen molar-refractivity contribution in [2.24, 2.45) is 0 Å². The van der Waals surface area contributed by atoms with Crippen molar-refractivity contribution in [3.05, 3.63) is 39.5 Å². The molecule has 18 heavy (non-hydrogen) atoms. The summed E-state index contributed by atoms with van der Waals surface area (Å²) in [4.78, 5) is 8.07. The number of halogens is 1. The molecule has 2 aromatic rings. The SMILES string of the molecule is O=S(=O)(NCCc1cscn1)c1cncc(Br)c1. The molecule has 1 N–H and O–H groups in total. The molecule has 0 fully saturated rings. The number of hydrogen-bond donors (Lipinski definition) is 1. The lowest BCUT2D eigenvalue weighted by Crippen LogP contribution is -2.26. The second-order valence-corrected chi connectivity index (χ2v) is 6.87. The Morgan fingerprint density at radius 3 is 2.89 bits per heavy atom. The van der Waals surface area contributed by atoms with Crippen LogP contribution in [0.4, 0.5) is 0 Å². The number of rotatable bonds is 5. The van der Waals surface area contributed by atoms with Gasteiger partial charge in [0.1, 0.15) is 4.90 Å². The van der Waals surface area contributed by atoms with E-state index in [0.29, 0.717) is 17.4 Å². The molecule has 0 radical (unpaired) electrons. The number of pyridine rings is 1. The van der Waals surface area contributed by atoms with E-state index in [1.807, 2.05) is 5.38 Å². The Bertz CT molecular complexity index is 614. The first kappa shape index (κ1) is 13.6. The Morgan fingerprint density at radius 1 is 1.39 bits per heavy atom. The highest BCUT2D eigenvalue weighted by molar-refractivity contribution is 9.10. The molecule has 0 bridgehead atoms. The largest absolute Gasteiger partial charge is 0.262 e. The van der Waals surface area contributed by atoms with Crippen molar-refractivity contribution in [3.63, 3.8) is 0 Å². The molecule has 0 spiro atoms. The van der Waals surface area contributed by atoms with E-state index < -0.39 is 10.0 Å². The van der Waals surface area contributed by atoms with Crippen molar-refractivity contribution in [2.45, 2.75) is 11.3 Å². The summed E-state index contributed by atoms with van der Waals surface area (Å²) >= 11 is 4.68. The highest BCUT2D eigenvalue weighted by Crippen LogP contribution is 2.14. The van der Waals surface area contributed by atoms with E-state index in [4.69, 9.17) is 0 Å². The summed E-state index contributed by atoms with van der Waals surface area (Å²) in [5, 5.41) is 1.90. The van der Waals surface area contributed by atoms with Gasteiger partial charge in [0.2, 0.25) is 10.0 Å². The van der Waals surface area contributed by atoms with Gasteiger partial charge in [0.25, 0.3) is 0 Å². The number of nitrogens with zero attached hydrogens (tertiary/aromatic N) is 2. The number of nitrogens with one attached hydrogen (secondary N) is 1. The van der Waals surface area contributed by atoms with Crippen molar-refractivity contribution in [1.82, 2.24) is 14.7 Å². The maximum Gasteiger partial charge on any atom is 0.242 e. The molecule has 2 heterocycles. The highest BCUT2D eigenvalue weighted by atomic mass is 79.9. The predicted molar refractivity (Wildman–Crippen MR) is 72.9 cm³/mol. The highest BCUT2D eigenvalue weighted by Gasteiger charge is 2.14. The van der Waals surface area contributed by atoms with E-state index in [2.05, 4.69) is 30.6 Å². The average molecular weight is 348 g/mol. The molecule has 5 nitrogen and oxygen atoms in total. The van der Waals surface area contributed by atoms with Crippen molar-refractivity contribution in [2.75, 3.05) is 6.54 Å². The van der Waals surface area contributed by atoms with Crippen molar-refractivity contribution in [3.8, 4) is 0 Å². The first-order valence-electron chi connectivity index (χ1n) is 5.05. The van der Waals surface area contributed by atoms with Gasteiger partial charge in [-0.05, 0) is 22.0 Å². The van der Waals surface area contributed by atoms with Gasteiger partial charge in [-0.2, -0.15) is 0 Å². The lowest BCUT2D eigenvalue weighted by molar-refractivity contribution is 0.581. The Kier molecular flexibility index (Phi) is 4.44. The summed E-state index contributed by atoms with van der Waals surface area (Å²) in [6.45, 7) is 0.318. The maximum atomic E-state index is 11.9. The molecule has 96 valence electrons. The van der Waals surface area contributed by atoms with Crippen LogP contribution in [-0.4, -0.2) is 24.9 Å². The third-order valence-electron chi connectivity index (χ3n) is 2.15. The van der Waals surface area contributed by atoms with Crippen LogP contribution < -0.4 is 4.72 Å². The van der Waals surface area contributed by atoms with E-state index in [1.165, 1.54) is 29.8 Å². The van der Waals surface area contributed by atoms with Gasteiger partial charge in [-0.25, -0.2) is 18.1 Å². The fraction of sp³-hybridized carbons (Fsp3) is 0.200. The second kappa shape index (κ2) is 5.87. The number of aromatic nitrogens is 2. The molecule has 0 aliphatic carbocycles. The fourth-order valence-corrected chi connectivity index (χ4v) is 3.43. The maximum absolute atomic E-state index is 11.9. The van der Waals surface area contributed by atoms with Crippen LogP contribution in [0.2, 0.25) is 0 Å². The Hall–Kier alpha value is -0.830. The van der Waals surface area contributed by atoms with Crippen LogP contribution in [0.25, 0.3) is 0 Å². The van der Waals surface area contributed by atoms with Gasteiger partial charge in [0.15, 0.2) is 0 Å². The molecule has 0 saturated carbocycles. The molecule has 0 saturated heterocycles. The van der Waals surface area contributed by atoms with Gasteiger partial charge < -0.3 is 0 Å². The van der Waals surface area contributed by atoms with Crippen LogP contribution in [0.5, 0.6) is 0 Å². The van der Waals surface area contributed by atoms with Gasteiger partial charge in [0.05, 0.1) is 11.2 Å². The van der Waals surface area contributed by atoms with Crippen LogP contribution in [0.1, 0.15) is 5.69 Å². The van der Waals surface area contributed by atoms with Crippen LogP contribution in [0.3, 0.4) is 0 Å². The minimum absolute atomic E-state index is 0.148.